The Morgan fingerprint density at radius 3 is 1.95 bits per heavy atom. The minimum atomic E-state index is -0.919. The number of esters is 3. The minimum absolute atomic E-state index is 0.174. The molecular formula is C31H50O6. The quantitative estimate of drug-likeness (QED) is 0.238. The molecule has 1 heterocycles. The van der Waals surface area contributed by atoms with Crippen molar-refractivity contribution in [1.82, 2.24) is 0 Å². The van der Waals surface area contributed by atoms with Gasteiger partial charge in [0, 0.05) is 6.42 Å². The summed E-state index contributed by atoms with van der Waals surface area (Å²) in [6.45, 7) is 13.8. The van der Waals surface area contributed by atoms with Gasteiger partial charge in [0.1, 0.15) is 11.2 Å². The first-order valence-corrected chi connectivity index (χ1v) is 14.7. The standard InChI is InChI=1S/C31H50O6/c1-9-28(5,25(33)37-31(10-2)22-14-20-13-21(16-22)17-23(31)15-20)19-30(7,24(32)35-8)12-11-29(6)18-27(3,4)36-26(29)34/h20-23H,9-19H2,1-8H3. The SMILES string of the molecule is CCC(C)(CC(C)(CCC1(C)CC(C)(C)OC1=O)C(=O)OC)C(=O)OC1(CC)C2CC3CC(C2)CC1C3. The van der Waals surface area contributed by atoms with Crippen molar-refractivity contribution < 1.29 is 28.6 Å². The Kier molecular flexibility index (Phi) is 7.34. The summed E-state index contributed by atoms with van der Waals surface area (Å²) in [5.41, 5.74) is -3.28. The number of carbonyl (C=O) groups is 3. The molecule has 0 amide bonds. The molecule has 3 atom stereocenters. The molecule has 0 radical (unpaired) electrons. The lowest BCUT2D eigenvalue weighted by Gasteiger charge is -2.60. The normalized spacial score (nSPS) is 39.0. The lowest BCUT2D eigenvalue weighted by molar-refractivity contribution is -0.220. The fraction of sp³-hybridized carbons (Fsp3) is 0.903. The fourth-order valence-electron chi connectivity index (χ4n) is 8.97. The molecule has 0 aromatic carbocycles. The molecule has 0 aromatic heterocycles. The number of methoxy groups -OCH3 is 1. The van der Waals surface area contributed by atoms with E-state index in [1.165, 1.54) is 39.2 Å². The fourth-order valence-corrected chi connectivity index (χ4v) is 8.97. The molecule has 0 N–H and O–H groups in total. The van der Waals surface area contributed by atoms with E-state index in [1.54, 1.807) is 0 Å². The maximum atomic E-state index is 14.1. The summed E-state index contributed by atoms with van der Waals surface area (Å²) in [6.07, 6.45) is 9.40. The highest BCUT2D eigenvalue weighted by molar-refractivity contribution is 5.82. The predicted octanol–water partition coefficient (Wildman–Crippen LogP) is 6.63. The maximum Gasteiger partial charge on any atom is 0.312 e. The summed E-state index contributed by atoms with van der Waals surface area (Å²) in [6, 6.07) is 0. The average molecular weight is 519 g/mol. The predicted molar refractivity (Wildman–Crippen MR) is 141 cm³/mol. The van der Waals surface area contributed by atoms with Gasteiger partial charge in [-0.3, -0.25) is 14.4 Å². The summed E-state index contributed by atoms with van der Waals surface area (Å²) in [5.74, 6) is 1.80. The number of hydrogen-bond acceptors (Lipinski definition) is 6. The van der Waals surface area contributed by atoms with Crippen molar-refractivity contribution in [2.24, 2.45) is 39.9 Å². The lowest BCUT2D eigenvalue weighted by atomic mass is 9.49. The van der Waals surface area contributed by atoms with E-state index in [9.17, 15) is 14.4 Å². The topological polar surface area (TPSA) is 78.9 Å². The summed E-state index contributed by atoms with van der Waals surface area (Å²) in [5, 5.41) is 0. The van der Waals surface area contributed by atoms with Crippen LogP contribution in [0.25, 0.3) is 0 Å². The zero-order chi connectivity index (χ0) is 27.4. The minimum Gasteiger partial charge on any atom is -0.469 e. The van der Waals surface area contributed by atoms with E-state index in [2.05, 4.69) is 6.92 Å². The molecule has 5 rings (SSSR count). The largest absolute Gasteiger partial charge is 0.469 e. The highest BCUT2D eigenvalue weighted by Gasteiger charge is 2.60. The van der Waals surface area contributed by atoms with Crippen LogP contribution in [-0.2, 0) is 28.6 Å². The number of hydrogen-bond donors (Lipinski definition) is 0. The molecule has 6 nitrogen and oxygen atoms in total. The summed E-state index contributed by atoms with van der Waals surface area (Å²) in [4.78, 5) is 40.0. The first kappa shape index (κ1) is 28.4. The lowest BCUT2D eigenvalue weighted by Crippen LogP contribution is -2.60. The van der Waals surface area contributed by atoms with E-state index in [4.69, 9.17) is 14.2 Å². The Morgan fingerprint density at radius 1 is 0.946 bits per heavy atom. The molecule has 5 aliphatic rings. The van der Waals surface area contributed by atoms with Crippen molar-refractivity contribution in [3.8, 4) is 0 Å². The Labute approximate surface area is 223 Å². The van der Waals surface area contributed by atoms with Crippen LogP contribution in [0, 0.1) is 39.9 Å². The molecule has 4 saturated carbocycles. The van der Waals surface area contributed by atoms with Crippen LogP contribution < -0.4 is 0 Å². The van der Waals surface area contributed by atoms with E-state index >= 15 is 0 Å². The van der Waals surface area contributed by atoms with Crippen LogP contribution in [0.1, 0.15) is 119 Å². The molecule has 6 heteroatoms. The highest BCUT2D eigenvalue weighted by Crippen LogP contribution is 2.61. The number of rotatable bonds is 10. The van der Waals surface area contributed by atoms with Crippen molar-refractivity contribution in [3.63, 3.8) is 0 Å². The Morgan fingerprint density at radius 2 is 1.51 bits per heavy atom. The third-order valence-corrected chi connectivity index (χ3v) is 11.0. The summed E-state index contributed by atoms with van der Waals surface area (Å²) >= 11 is 0. The molecule has 1 aliphatic heterocycles. The van der Waals surface area contributed by atoms with Crippen molar-refractivity contribution in [3.05, 3.63) is 0 Å². The van der Waals surface area contributed by atoms with Gasteiger partial charge in [0.15, 0.2) is 0 Å². The second-order valence-electron chi connectivity index (χ2n) is 14.5. The van der Waals surface area contributed by atoms with E-state index in [-0.39, 0.29) is 23.5 Å². The van der Waals surface area contributed by atoms with Gasteiger partial charge in [0.2, 0.25) is 0 Å². The maximum absolute atomic E-state index is 14.1. The van der Waals surface area contributed by atoms with Crippen LogP contribution in [0.4, 0.5) is 0 Å². The Balaban J connectivity index is 1.53. The van der Waals surface area contributed by atoms with Gasteiger partial charge >= 0.3 is 17.9 Å². The smallest absolute Gasteiger partial charge is 0.312 e. The molecule has 1 saturated heterocycles. The van der Waals surface area contributed by atoms with E-state index < -0.39 is 21.8 Å². The van der Waals surface area contributed by atoms with Crippen LogP contribution in [0.5, 0.6) is 0 Å². The molecule has 0 spiro atoms. The van der Waals surface area contributed by atoms with Crippen LogP contribution in [0.3, 0.4) is 0 Å². The van der Waals surface area contributed by atoms with Crippen LogP contribution >= 0.6 is 0 Å². The van der Waals surface area contributed by atoms with Crippen molar-refractivity contribution >= 4 is 17.9 Å². The molecule has 3 unspecified atom stereocenters. The number of carbonyl (C=O) groups excluding carboxylic acids is 3. The van der Waals surface area contributed by atoms with Gasteiger partial charge in [-0.25, -0.2) is 0 Å². The zero-order valence-corrected chi connectivity index (χ0v) is 24.5. The second-order valence-corrected chi connectivity index (χ2v) is 14.5. The zero-order valence-electron chi connectivity index (χ0n) is 24.5. The van der Waals surface area contributed by atoms with Gasteiger partial charge in [-0.15, -0.1) is 0 Å². The van der Waals surface area contributed by atoms with Crippen LogP contribution in [0.2, 0.25) is 0 Å². The molecule has 4 bridgehead atoms. The third-order valence-electron chi connectivity index (χ3n) is 11.0. The summed E-state index contributed by atoms with van der Waals surface area (Å²) in [7, 11) is 1.40. The number of ether oxygens (including phenoxy) is 3. The monoisotopic (exact) mass is 518 g/mol. The molecule has 0 aromatic rings. The van der Waals surface area contributed by atoms with Gasteiger partial charge < -0.3 is 14.2 Å². The van der Waals surface area contributed by atoms with Crippen molar-refractivity contribution in [1.29, 1.82) is 0 Å². The van der Waals surface area contributed by atoms with E-state index in [1.807, 2.05) is 41.5 Å². The Hall–Kier alpha value is -1.59. The third kappa shape index (κ3) is 4.95. The molecular weight excluding hydrogens is 468 g/mol. The summed E-state index contributed by atoms with van der Waals surface area (Å²) < 4.78 is 17.5. The Bertz CT molecular complexity index is 895. The van der Waals surface area contributed by atoms with Crippen molar-refractivity contribution in [2.75, 3.05) is 7.11 Å². The number of cyclic esters (lactones) is 1. The average Bonchev–Trinajstić information content (AvgIpc) is 3.05. The van der Waals surface area contributed by atoms with E-state index in [0.29, 0.717) is 43.9 Å². The van der Waals surface area contributed by atoms with Crippen LogP contribution in [0.15, 0.2) is 0 Å². The van der Waals surface area contributed by atoms with Gasteiger partial charge in [-0.05, 0) is 122 Å². The molecule has 5 fully saturated rings. The van der Waals surface area contributed by atoms with Gasteiger partial charge in [0.05, 0.1) is 23.4 Å². The molecule has 210 valence electrons. The second kappa shape index (κ2) is 9.55. The van der Waals surface area contributed by atoms with Crippen LogP contribution in [-0.4, -0.2) is 36.2 Å². The van der Waals surface area contributed by atoms with E-state index in [0.717, 1.165) is 18.3 Å². The first-order chi connectivity index (χ1) is 17.1. The first-order valence-electron chi connectivity index (χ1n) is 14.7. The van der Waals surface area contributed by atoms with Gasteiger partial charge in [-0.2, -0.15) is 0 Å². The molecule has 37 heavy (non-hydrogen) atoms. The van der Waals surface area contributed by atoms with Gasteiger partial charge in [-0.1, -0.05) is 13.8 Å². The van der Waals surface area contributed by atoms with Gasteiger partial charge in [0.25, 0.3) is 0 Å². The highest BCUT2D eigenvalue weighted by atomic mass is 16.6. The molecule has 4 aliphatic carbocycles. The van der Waals surface area contributed by atoms with Crippen molar-refractivity contribution in [2.45, 2.75) is 130 Å².